The van der Waals surface area contributed by atoms with Gasteiger partial charge in [0, 0.05) is 20.2 Å². The summed E-state index contributed by atoms with van der Waals surface area (Å²) in [6.45, 7) is 0.229. The Morgan fingerprint density at radius 1 is 1.06 bits per heavy atom. The molecule has 0 atom stereocenters. The SMILES string of the molecule is Fc1cccc(COc2ccc(Nc3ncnc4sc5cc(Br)ccc5c34)cc2Cl)c1. The molecule has 1 N–H and O–H groups in total. The molecule has 0 spiro atoms. The largest absolute Gasteiger partial charge is 0.487 e. The number of anilines is 2. The van der Waals surface area contributed by atoms with Crippen LogP contribution in [0.4, 0.5) is 15.9 Å². The number of thiophene rings is 1. The van der Waals surface area contributed by atoms with Gasteiger partial charge < -0.3 is 10.1 Å². The Morgan fingerprint density at radius 3 is 2.81 bits per heavy atom. The first-order chi connectivity index (χ1) is 15.1. The number of halogens is 3. The molecule has 5 rings (SSSR count). The lowest BCUT2D eigenvalue weighted by Gasteiger charge is -2.11. The van der Waals surface area contributed by atoms with E-state index >= 15 is 0 Å². The van der Waals surface area contributed by atoms with E-state index in [0.29, 0.717) is 16.6 Å². The zero-order valence-electron chi connectivity index (χ0n) is 15.9. The number of benzene rings is 3. The van der Waals surface area contributed by atoms with Crippen LogP contribution in [-0.4, -0.2) is 9.97 Å². The Morgan fingerprint density at radius 2 is 1.97 bits per heavy atom. The number of ether oxygens (including phenoxy) is 1. The summed E-state index contributed by atoms with van der Waals surface area (Å²) in [6.07, 6.45) is 1.55. The van der Waals surface area contributed by atoms with E-state index in [9.17, 15) is 4.39 Å². The van der Waals surface area contributed by atoms with Gasteiger partial charge in [0.2, 0.25) is 0 Å². The van der Waals surface area contributed by atoms with Gasteiger partial charge in [-0.3, -0.25) is 0 Å². The van der Waals surface area contributed by atoms with Gasteiger partial charge in [-0.05, 0) is 48.0 Å². The van der Waals surface area contributed by atoms with E-state index < -0.39 is 0 Å². The van der Waals surface area contributed by atoms with E-state index in [2.05, 4.69) is 43.3 Å². The van der Waals surface area contributed by atoms with Crippen molar-refractivity contribution in [2.45, 2.75) is 6.61 Å². The monoisotopic (exact) mass is 513 g/mol. The summed E-state index contributed by atoms with van der Waals surface area (Å²) < 4.78 is 21.2. The van der Waals surface area contributed by atoms with E-state index in [0.717, 1.165) is 36.0 Å². The molecule has 2 heterocycles. The number of fused-ring (bicyclic) bond motifs is 3. The third-order valence-corrected chi connectivity index (χ3v) is 6.56. The smallest absolute Gasteiger partial charge is 0.143 e. The molecule has 0 saturated heterocycles. The maximum absolute atomic E-state index is 13.3. The standard InChI is InChI=1S/C23H14BrClFN3OS/c24-14-4-6-17-20(9-14)31-23-21(17)22(27-12-28-23)29-16-5-7-19(18(25)10-16)30-11-13-2-1-3-15(26)8-13/h1-10,12H,11H2,(H,27,28,29). The van der Waals surface area contributed by atoms with Gasteiger partial charge in [-0.25, -0.2) is 14.4 Å². The lowest BCUT2D eigenvalue weighted by molar-refractivity contribution is 0.306. The van der Waals surface area contributed by atoms with E-state index in [1.807, 2.05) is 12.1 Å². The molecule has 0 aliphatic heterocycles. The number of nitrogens with zero attached hydrogens (tertiary/aromatic N) is 2. The molecule has 2 aromatic heterocycles. The maximum atomic E-state index is 13.3. The summed E-state index contributed by atoms with van der Waals surface area (Å²) in [4.78, 5) is 9.78. The van der Waals surface area contributed by atoms with Crippen LogP contribution in [-0.2, 0) is 6.61 Å². The Balaban J connectivity index is 1.41. The summed E-state index contributed by atoms with van der Waals surface area (Å²) in [5.74, 6) is 0.939. The second kappa shape index (κ2) is 8.42. The molecule has 0 saturated carbocycles. The second-order valence-corrected chi connectivity index (χ2v) is 9.19. The molecule has 0 unspecified atom stereocenters. The summed E-state index contributed by atoms with van der Waals surface area (Å²) in [7, 11) is 0. The Kier molecular flexibility index (Phi) is 5.48. The van der Waals surface area contributed by atoms with Crippen molar-refractivity contribution < 1.29 is 9.13 Å². The van der Waals surface area contributed by atoms with Gasteiger partial charge in [0.25, 0.3) is 0 Å². The van der Waals surface area contributed by atoms with Crippen molar-refractivity contribution >= 4 is 70.7 Å². The molecule has 5 aromatic rings. The number of nitrogens with one attached hydrogen (secondary N) is 1. The molecule has 0 aliphatic rings. The van der Waals surface area contributed by atoms with Crippen LogP contribution in [0.15, 0.2) is 71.5 Å². The molecule has 154 valence electrons. The second-order valence-electron chi connectivity index (χ2n) is 6.83. The molecule has 0 fully saturated rings. The Hall–Kier alpha value is -2.74. The fourth-order valence-corrected chi connectivity index (χ4v) is 5.13. The fraction of sp³-hybridized carbons (Fsp3) is 0.0435. The van der Waals surface area contributed by atoms with Crippen molar-refractivity contribution in [2.75, 3.05) is 5.32 Å². The average molecular weight is 515 g/mol. The minimum Gasteiger partial charge on any atom is -0.487 e. The first kappa shape index (κ1) is 20.2. The summed E-state index contributed by atoms with van der Waals surface area (Å²) in [6, 6.07) is 17.9. The Bertz CT molecular complexity index is 1430. The maximum Gasteiger partial charge on any atom is 0.143 e. The highest BCUT2D eigenvalue weighted by Gasteiger charge is 2.13. The van der Waals surface area contributed by atoms with E-state index in [-0.39, 0.29) is 12.4 Å². The van der Waals surface area contributed by atoms with Gasteiger partial charge in [-0.15, -0.1) is 11.3 Å². The van der Waals surface area contributed by atoms with Crippen molar-refractivity contribution in [3.8, 4) is 5.75 Å². The van der Waals surface area contributed by atoms with Gasteiger partial charge >= 0.3 is 0 Å². The minimum atomic E-state index is -0.295. The van der Waals surface area contributed by atoms with Crippen LogP contribution in [0, 0.1) is 5.82 Å². The van der Waals surface area contributed by atoms with Gasteiger partial charge in [0.05, 0.1) is 10.4 Å². The van der Waals surface area contributed by atoms with Crippen LogP contribution in [0.1, 0.15) is 5.56 Å². The number of hydrogen-bond donors (Lipinski definition) is 1. The fourth-order valence-electron chi connectivity index (χ4n) is 3.30. The van der Waals surface area contributed by atoms with Crippen LogP contribution in [0.5, 0.6) is 5.75 Å². The number of hydrogen-bond acceptors (Lipinski definition) is 5. The van der Waals surface area contributed by atoms with Gasteiger partial charge in [0.15, 0.2) is 0 Å². The van der Waals surface area contributed by atoms with Gasteiger partial charge in [-0.1, -0.05) is 45.7 Å². The van der Waals surface area contributed by atoms with Crippen LogP contribution in [0.2, 0.25) is 5.02 Å². The lowest BCUT2D eigenvalue weighted by atomic mass is 10.2. The van der Waals surface area contributed by atoms with Crippen molar-refractivity contribution in [3.05, 3.63) is 87.9 Å². The number of rotatable bonds is 5. The van der Waals surface area contributed by atoms with E-state index in [1.165, 1.54) is 12.1 Å². The summed E-state index contributed by atoms with van der Waals surface area (Å²) >= 11 is 11.6. The van der Waals surface area contributed by atoms with Gasteiger partial charge in [0.1, 0.15) is 35.1 Å². The molecular weight excluding hydrogens is 501 g/mol. The third-order valence-electron chi connectivity index (χ3n) is 4.71. The topological polar surface area (TPSA) is 47.0 Å². The molecule has 4 nitrogen and oxygen atoms in total. The van der Waals surface area contributed by atoms with Crippen molar-refractivity contribution in [2.24, 2.45) is 0 Å². The van der Waals surface area contributed by atoms with E-state index in [4.69, 9.17) is 16.3 Å². The molecule has 0 bridgehead atoms. The molecule has 31 heavy (non-hydrogen) atoms. The number of aromatic nitrogens is 2. The predicted octanol–water partition coefficient (Wildman–Crippen LogP) is 7.72. The zero-order chi connectivity index (χ0) is 21.4. The molecule has 3 aromatic carbocycles. The van der Waals surface area contributed by atoms with Crippen molar-refractivity contribution in [3.63, 3.8) is 0 Å². The van der Waals surface area contributed by atoms with E-state index in [1.54, 1.807) is 41.9 Å². The molecule has 8 heteroatoms. The molecule has 0 amide bonds. The summed E-state index contributed by atoms with van der Waals surface area (Å²) in [5.41, 5.74) is 1.51. The lowest BCUT2D eigenvalue weighted by Crippen LogP contribution is -1.98. The highest BCUT2D eigenvalue weighted by atomic mass is 79.9. The highest BCUT2D eigenvalue weighted by molar-refractivity contribution is 9.10. The molecule has 0 radical (unpaired) electrons. The normalized spacial score (nSPS) is 11.2. The third kappa shape index (κ3) is 4.21. The molecule has 0 aliphatic carbocycles. The molecular formula is C23H14BrClFN3OS. The quantitative estimate of drug-likeness (QED) is 0.261. The minimum absolute atomic E-state index is 0.229. The first-order valence-electron chi connectivity index (χ1n) is 9.33. The predicted molar refractivity (Wildman–Crippen MR) is 128 cm³/mol. The Labute approximate surface area is 194 Å². The van der Waals surface area contributed by atoms with Crippen molar-refractivity contribution in [1.29, 1.82) is 0 Å². The van der Waals surface area contributed by atoms with Crippen LogP contribution < -0.4 is 10.1 Å². The van der Waals surface area contributed by atoms with Crippen LogP contribution >= 0.6 is 38.9 Å². The first-order valence-corrected chi connectivity index (χ1v) is 11.3. The van der Waals surface area contributed by atoms with Crippen LogP contribution in [0.3, 0.4) is 0 Å². The zero-order valence-corrected chi connectivity index (χ0v) is 19.1. The van der Waals surface area contributed by atoms with Crippen LogP contribution in [0.25, 0.3) is 20.3 Å². The summed E-state index contributed by atoms with van der Waals surface area (Å²) in [5, 5.41) is 5.85. The van der Waals surface area contributed by atoms with Crippen molar-refractivity contribution in [1.82, 2.24) is 9.97 Å². The van der Waals surface area contributed by atoms with Gasteiger partial charge in [-0.2, -0.15) is 0 Å². The highest BCUT2D eigenvalue weighted by Crippen LogP contribution is 2.38. The average Bonchev–Trinajstić information content (AvgIpc) is 3.11.